The highest BCUT2D eigenvalue weighted by molar-refractivity contribution is 5.17. The summed E-state index contributed by atoms with van der Waals surface area (Å²) in [6.45, 7) is 6.12. The Bertz CT molecular complexity index is 167. The Morgan fingerprint density at radius 1 is 1.50 bits per heavy atom. The van der Waals surface area contributed by atoms with Crippen molar-refractivity contribution in [2.75, 3.05) is 13.1 Å². The summed E-state index contributed by atoms with van der Waals surface area (Å²) in [5.41, 5.74) is 1.23. The fourth-order valence-corrected chi connectivity index (χ4v) is 2.05. The van der Waals surface area contributed by atoms with Gasteiger partial charge in [0.15, 0.2) is 0 Å². The van der Waals surface area contributed by atoms with E-state index in [9.17, 15) is 5.11 Å². The lowest BCUT2D eigenvalue weighted by atomic mass is 10.1. The Hall–Kier alpha value is -0.340. The number of hydrogen-bond acceptors (Lipinski definition) is 2. The fraction of sp³-hybridized carbons (Fsp3) is 0.750. The van der Waals surface area contributed by atoms with Gasteiger partial charge < -0.3 is 5.11 Å². The van der Waals surface area contributed by atoms with Gasteiger partial charge in [0.2, 0.25) is 0 Å². The Labute approximate surface area is 61.1 Å². The average molecular weight is 139 g/mol. The number of hydrogen-bond donors (Lipinski definition) is 1. The van der Waals surface area contributed by atoms with E-state index in [1.165, 1.54) is 5.57 Å². The highest BCUT2D eigenvalue weighted by Crippen LogP contribution is 2.30. The molecule has 2 aliphatic rings. The van der Waals surface area contributed by atoms with Crippen LogP contribution in [0.4, 0.5) is 0 Å². The summed E-state index contributed by atoms with van der Waals surface area (Å²) >= 11 is 0. The molecule has 2 saturated heterocycles. The lowest BCUT2D eigenvalue weighted by Gasteiger charge is -2.16. The topological polar surface area (TPSA) is 23.5 Å². The second-order valence-electron chi connectivity index (χ2n) is 3.25. The molecule has 2 aliphatic heterocycles. The maximum Gasteiger partial charge on any atom is 0.0745 e. The van der Waals surface area contributed by atoms with Gasteiger partial charge in [-0.05, 0) is 12.8 Å². The van der Waals surface area contributed by atoms with Crippen LogP contribution in [0, 0.1) is 0 Å². The summed E-state index contributed by atoms with van der Waals surface area (Å²) in [4.78, 5) is 2.33. The summed E-state index contributed by atoms with van der Waals surface area (Å²) in [6, 6.07) is 0.306. The first kappa shape index (κ1) is 6.38. The van der Waals surface area contributed by atoms with E-state index in [1.54, 1.807) is 0 Å². The van der Waals surface area contributed by atoms with Crippen LogP contribution in [0.1, 0.15) is 12.8 Å². The molecule has 1 N–H and O–H groups in total. The quantitative estimate of drug-likeness (QED) is 0.490. The van der Waals surface area contributed by atoms with E-state index in [0.717, 1.165) is 25.9 Å². The van der Waals surface area contributed by atoms with Crippen molar-refractivity contribution in [2.45, 2.75) is 25.0 Å². The largest absolute Gasteiger partial charge is 0.391 e. The van der Waals surface area contributed by atoms with E-state index >= 15 is 0 Å². The first-order valence-corrected chi connectivity index (χ1v) is 3.89. The zero-order chi connectivity index (χ0) is 7.14. The van der Waals surface area contributed by atoms with Crippen molar-refractivity contribution in [3.63, 3.8) is 0 Å². The van der Waals surface area contributed by atoms with Crippen molar-refractivity contribution in [3.8, 4) is 0 Å². The van der Waals surface area contributed by atoms with Crippen LogP contribution in [0.2, 0.25) is 0 Å². The maximum atomic E-state index is 9.47. The highest BCUT2D eigenvalue weighted by atomic mass is 16.3. The monoisotopic (exact) mass is 139 g/mol. The minimum Gasteiger partial charge on any atom is -0.391 e. The van der Waals surface area contributed by atoms with Crippen molar-refractivity contribution < 1.29 is 5.11 Å². The van der Waals surface area contributed by atoms with Crippen LogP contribution in [0.5, 0.6) is 0 Å². The second kappa shape index (κ2) is 2.07. The Morgan fingerprint density at radius 3 is 3.00 bits per heavy atom. The zero-order valence-electron chi connectivity index (χ0n) is 6.08. The molecule has 2 rings (SSSR count). The third-order valence-electron chi connectivity index (χ3n) is 2.61. The molecule has 0 aliphatic carbocycles. The van der Waals surface area contributed by atoms with Gasteiger partial charge in [-0.15, -0.1) is 0 Å². The smallest absolute Gasteiger partial charge is 0.0745 e. The molecule has 10 heavy (non-hydrogen) atoms. The van der Waals surface area contributed by atoms with E-state index in [2.05, 4.69) is 11.5 Å². The molecule has 0 saturated carbocycles. The third kappa shape index (κ3) is 0.724. The first-order chi connectivity index (χ1) is 4.79. The Kier molecular flexibility index (Phi) is 1.32. The lowest BCUT2D eigenvalue weighted by Crippen LogP contribution is -2.29. The minimum absolute atomic E-state index is 0.130. The summed E-state index contributed by atoms with van der Waals surface area (Å²) < 4.78 is 0. The summed E-state index contributed by atoms with van der Waals surface area (Å²) in [7, 11) is 0. The van der Waals surface area contributed by atoms with Crippen molar-refractivity contribution in [1.82, 2.24) is 4.90 Å². The zero-order valence-corrected chi connectivity index (χ0v) is 6.08. The van der Waals surface area contributed by atoms with Crippen molar-refractivity contribution in [1.29, 1.82) is 0 Å². The van der Waals surface area contributed by atoms with Gasteiger partial charge in [0, 0.05) is 13.1 Å². The van der Waals surface area contributed by atoms with Gasteiger partial charge in [-0.2, -0.15) is 0 Å². The molecule has 2 nitrogen and oxygen atoms in total. The lowest BCUT2D eigenvalue weighted by molar-refractivity contribution is 0.151. The molecule has 0 bridgehead atoms. The van der Waals surface area contributed by atoms with Crippen LogP contribution in [0.15, 0.2) is 12.2 Å². The molecule has 0 radical (unpaired) electrons. The normalized spacial score (nSPS) is 40.7. The van der Waals surface area contributed by atoms with E-state index in [1.807, 2.05) is 0 Å². The Balaban J connectivity index is 2.19. The van der Waals surface area contributed by atoms with E-state index in [-0.39, 0.29) is 6.10 Å². The van der Waals surface area contributed by atoms with E-state index < -0.39 is 0 Å². The highest BCUT2D eigenvalue weighted by Gasteiger charge is 2.38. The molecule has 2 atom stereocenters. The second-order valence-corrected chi connectivity index (χ2v) is 3.25. The van der Waals surface area contributed by atoms with E-state index in [4.69, 9.17) is 0 Å². The molecule has 1 unspecified atom stereocenters. The molecule has 0 spiro atoms. The summed E-state index contributed by atoms with van der Waals surface area (Å²) in [5.74, 6) is 0. The molecule has 2 fully saturated rings. The number of aliphatic hydroxyl groups excluding tert-OH is 1. The first-order valence-electron chi connectivity index (χ1n) is 3.89. The predicted octanol–water partition coefficient (Wildman–Crippen LogP) is 0.382. The minimum atomic E-state index is -0.130. The molecule has 0 amide bonds. The fourth-order valence-electron chi connectivity index (χ4n) is 2.05. The van der Waals surface area contributed by atoms with Crippen molar-refractivity contribution >= 4 is 0 Å². The van der Waals surface area contributed by atoms with Gasteiger partial charge in [-0.1, -0.05) is 12.2 Å². The molecular formula is C8H13NO. The van der Waals surface area contributed by atoms with Crippen molar-refractivity contribution in [2.24, 2.45) is 0 Å². The SMILES string of the molecule is C=C1CCN2CC[C@H](O)C12. The number of fused-ring (bicyclic) bond motifs is 1. The van der Waals surface area contributed by atoms with Crippen LogP contribution < -0.4 is 0 Å². The third-order valence-corrected chi connectivity index (χ3v) is 2.61. The molecule has 0 aromatic heterocycles. The molecular weight excluding hydrogens is 126 g/mol. The van der Waals surface area contributed by atoms with Gasteiger partial charge in [0.25, 0.3) is 0 Å². The predicted molar refractivity (Wildman–Crippen MR) is 39.7 cm³/mol. The number of nitrogens with zero attached hydrogens (tertiary/aromatic N) is 1. The van der Waals surface area contributed by atoms with Gasteiger partial charge in [0.1, 0.15) is 0 Å². The van der Waals surface area contributed by atoms with Crippen LogP contribution in [0.25, 0.3) is 0 Å². The average Bonchev–Trinajstić information content (AvgIpc) is 2.40. The van der Waals surface area contributed by atoms with Crippen LogP contribution in [0.3, 0.4) is 0 Å². The number of aliphatic hydroxyl groups is 1. The van der Waals surface area contributed by atoms with Gasteiger partial charge in [0.05, 0.1) is 12.1 Å². The molecule has 2 heteroatoms. The van der Waals surface area contributed by atoms with Crippen LogP contribution in [-0.4, -0.2) is 35.2 Å². The molecule has 0 aromatic carbocycles. The summed E-state index contributed by atoms with van der Waals surface area (Å²) in [6.07, 6.45) is 1.89. The standard InChI is InChI=1S/C8H13NO/c1-6-2-4-9-5-3-7(10)8(6)9/h7-8,10H,1-5H2/t7-,8?/m0/s1. The number of rotatable bonds is 0. The molecule has 56 valence electrons. The van der Waals surface area contributed by atoms with Gasteiger partial charge in [-0.3, -0.25) is 4.90 Å². The van der Waals surface area contributed by atoms with E-state index in [0.29, 0.717) is 6.04 Å². The van der Waals surface area contributed by atoms with Gasteiger partial charge >= 0.3 is 0 Å². The van der Waals surface area contributed by atoms with Crippen molar-refractivity contribution in [3.05, 3.63) is 12.2 Å². The Morgan fingerprint density at radius 2 is 2.30 bits per heavy atom. The summed E-state index contributed by atoms with van der Waals surface area (Å²) in [5, 5.41) is 9.47. The maximum absolute atomic E-state index is 9.47. The van der Waals surface area contributed by atoms with Crippen LogP contribution in [-0.2, 0) is 0 Å². The van der Waals surface area contributed by atoms with Crippen LogP contribution >= 0.6 is 0 Å². The molecule has 2 heterocycles. The van der Waals surface area contributed by atoms with Gasteiger partial charge in [-0.25, -0.2) is 0 Å². The molecule has 0 aromatic rings.